The summed E-state index contributed by atoms with van der Waals surface area (Å²) >= 11 is 0. The van der Waals surface area contributed by atoms with Crippen molar-refractivity contribution in [2.24, 2.45) is 0 Å². The Kier molecular flexibility index (Phi) is 2.98. The lowest BCUT2D eigenvalue weighted by atomic mass is 10.1. The SMILES string of the molecule is CNC(C)c1nnc(C2CCS(=O)(=O)C2)o1. The first-order valence-electron chi connectivity index (χ1n) is 5.23. The summed E-state index contributed by atoms with van der Waals surface area (Å²) in [4.78, 5) is 0. The molecule has 2 atom stereocenters. The van der Waals surface area contributed by atoms with Crippen molar-refractivity contribution in [1.82, 2.24) is 15.5 Å². The van der Waals surface area contributed by atoms with Crippen LogP contribution in [0.4, 0.5) is 0 Å². The van der Waals surface area contributed by atoms with E-state index in [0.717, 1.165) is 0 Å². The highest BCUT2D eigenvalue weighted by molar-refractivity contribution is 7.91. The summed E-state index contributed by atoms with van der Waals surface area (Å²) in [5, 5.41) is 10.8. The fraction of sp³-hybridized carbons (Fsp3) is 0.778. The number of rotatable bonds is 3. The maximum Gasteiger partial charge on any atom is 0.233 e. The minimum absolute atomic E-state index is 0.0146. The van der Waals surface area contributed by atoms with Gasteiger partial charge in [-0.3, -0.25) is 0 Å². The third-order valence-electron chi connectivity index (χ3n) is 2.84. The number of sulfone groups is 1. The Morgan fingerprint density at radius 2 is 2.25 bits per heavy atom. The van der Waals surface area contributed by atoms with E-state index in [1.54, 1.807) is 7.05 Å². The van der Waals surface area contributed by atoms with Crippen molar-refractivity contribution in [2.75, 3.05) is 18.6 Å². The second kappa shape index (κ2) is 4.14. The molecule has 16 heavy (non-hydrogen) atoms. The average molecular weight is 245 g/mol. The fourth-order valence-electron chi connectivity index (χ4n) is 1.70. The summed E-state index contributed by atoms with van der Waals surface area (Å²) in [5.41, 5.74) is 0. The van der Waals surface area contributed by atoms with Crippen molar-refractivity contribution in [2.45, 2.75) is 25.3 Å². The van der Waals surface area contributed by atoms with Gasteiger partial charge in [-0.25, -0.2) is 8.42 Å². The topological polar surface area (TPSA) is 85.1 Å². The first kappa shape index (κ1) is 11.5. The third-order valence-corrected chi connectivity index (χ3v) is 4.61. The zero-order valence-corrected chi connectivity index (χ0v) is 10.1. The van der Waals surface area contributed by atoms with E-state index in [1.807, 2.05) is 6.92 Å². The maximum absolute atomic E-state index is 11.3. The van der Waals surface area contributed by atoms with Crippen molar-refractivity contribution in [1.29, 1.82) is 0 Å². The minimum atomic E-state index is -2.90. The molecule has 0 aromatic carbocycles. The van der Waals surface area contributed by atoms with Gasteiger partial charge in [-0.2, -0.15) is 0 Å². The van der Waals surface area contributed by atoms with Gasteiger partial charge in [-0.1, -0.05) is 0 Å². The highest BCUT2D eigenvalue weighted by Crippen LogP contribution is 2.28. The molecule has 0 aliphatic carbocycles. The quantitative estimate of drug-likeness (QED) is 0.821. The largest absolute Gasteiger partial charge is 0.423 e. The molecule has 1 saturated heterocycles. The first-order chi connectivity index (χ1) is 7.52. The van der Waals surface area contributed by atoms with Crippen LogP contribution in [0.3, 0.4) is 0 Å². The van der Waals surface area contributed by atoms with Gasteiger partial charge in [0.25, 0.3) is 0 Å². The van der Waals surface area contributed by atoms with Crippen LogP contribution < -0.4 is 5.32 Å². The van der Waals surface area contributed by atoms with Gasteiger partial charge in [0.2, 0.25) is 11.8 Å². The van der Waals surface area contributed by atoms with Crippen LogP contribution in [-0.4, -0.2) is 37.2 Å². The molecule has 1 aromatic heterocycles. The Balaban J connectivity index is 2.14. The number of hydrogen-bond donors (Lipinski definition) is 1. The number of hydrogen-bond acceptors (Lipinski definition) is 6. The van der Waals surface area contributed by atoms with Gasteiger partial charge in [-0.15, -0.1) is 10.2 Å². The number of nitrogens with one attached hydrogen (secondary N) is 1. The minimum Gasteiger partial charge on any atom is -0.423 e. The molecule has 0 radical (unpaired) electrons. The molecule has 0 bridgehead atoms. The zero-order valence-electron chi connectivity index (χ0n) is 9.30. The molecule has 0 spiro atoms. The van der Waals surface area contributed by atoms with Crippen LogP contribution in [0.1, 0.15) is 37.1 Å². The molecule has 90 valence electrons. The van der Waals surface area contributed by atoms with Gasteiger partial charge in [-0.05, 0) is 20.4 Å². The number of aromatic nitrogens is 2. The molecule has 7 heteroatoms. The Labute approximate surface area is 94.4 Å². The summed E-state index contributed by atoms with van der Waals surface area (Å²) in [6.07, 6.45) is 0.581. The maximum atomic E-state index is 11.3. The molecule has 0 amide bonds. The van der Waals surface area contributed by atoms with E-state index in [2.05, 4.69) is 15.5 Å². The van der Waals surface area contributed by atoms with Gasteiger partial charge in [0.15, 0.2) is 9.84 Å². The van der Waals surface area contributed by atoms with Crippen LogP contribution in [0.5, 0.6) is 0 Å². The zero-order chi connectivity index (χ0) is 11.8. The van der Waals surface area contributed by atoms with Crippen LogP contribution in [0, 0.1) is 0 Å². The summed E-state index contributed by atoms with van der Waals surface area (Å²) in [6.45, 7) is 1.91. The van der Waals surface area contributed by atoms with Gasteiger partial charge in [0.05, 0.1) is 23.5 Å². The lowest BCUT2D eigenvalue weighted by Crippen LogP contribution is -2.12. The molecule has 1 aliphatic heterocycles. The first-order valence-corrected chi connectivity index (χ1v) is 7.05. The Morgan fingerprint density at radius 3 is 2.81 bits per heavy atom. The summed E-state index contributed by atoms with van der Waals surface area (Å²) < 4.78 is 28.1. The lowest BCUT2D eigenvalue weighted by Gasteiger charge is -2.03. The van der Waals surface area contributed by atoms with E-state index in [0.29, 0.717) is 18.2 Å². The highest BCUT2D eigenvalue weighted by Gasteiger charge is 2.33. The average Bonchev–Trinajstić information content (AvgIpc) is 2.83. The molecule has 2 heterocycles. The van der Waals surface area contributed by atoms with E-state index in [-0.39, 0.29) is 23.5 Å². The van der Waals surface area contributed by atoms with Crippen molar-refractivity contribution in [3.05, 3.63) is 11.8 Å². The molecule has 2 rings (SSSR count). The molecule has 1 fully saturated rings. The highest BCUT2D eigenvalue weighted by atomic mass is 32.2. The van der Waals surface area contributed by atoms with Crippen molar-refractivity contribution < 1.29 is 12.8 Å². The molecule has 2 unspecified atom stereocenters. The van der Waals surface area contributed by atoms with Crippen molar-refractivity contribution in [3.63, 3.8) is 0 Å². The van der Waals surface area contributed by atoms with Crippen molar-refractivity contribution in [3.8, 4) is 0 Å². The van der Waals surface area contributed by atoms with Crippen molar-refractivity contribution >= 4 is 9.84 Å². The van der Waals surface area contributed by atoms with Gasteiger partial charge < -0.3 is 9.73 Å². The van der Waals surface area contributed by atoms with E-state index >= 15 is 0 Å². The molecular formula is C9H15N3O3S. The second-order valence-electron chi connectivity index (χ2n) is 4.09. The number of nitrogens with zero attached hydrogens (tertiary/aromatic N) is 2. The predicted octanol–water partition coefficient (Wildman–Crippen LogP) is 0.252. The van der Waals surface area contributed by atoms with Crippen LogP contribution in [0.2, 0.25) is 0 Å². The summed E-state index contributed by atoms with van der Waals surface area (Å²) in [6, 6.07) is -0.0146. The van der Waals surface area contributed by atoms with Crippen LogP contribution in [-0.2, 0) is 9.84 Å². The standard InChI is InChI=1S/C9H15N3O3S/c1-6(10-2)8-11-12-9(15-8)7-3-4-16(13,14)5-7/h6-7,10H,3-5H2,1-2H3. The Bertz CT molecular complexity index is 468. The lowest BCUT2D eigenvalue weighted by molar-refractivity contribution is 0.389. The van der Waals surface area contributed by atoms with E-state index in [4.69, 9.17) is 4.42 Å². The monoisotopic (exact) mass is 245 g/mol. The van der Waals surface area contributed by atoms with E-state index < -0.39 is 9.84 Å². The second-order valence-corrected chi connectivity index (χ2v) is 6.32. The fourth-order valence-corrected chi connectivity index (χ4v) is 3.43. The molecule has 1 aromatic rings. The van der Waals surface area contributed by atoms with Gasteiger partial charge in [0.1, 0.15) is 0 Å². The molecular weight excluding hydrogens is 230 g/mol. The molecule has 0 saturated carbocycles. The van der Waals surface area contributed by atoms with E-state index in [9.17, 15) is 8.42 Å². The Hall–Kier alpha value is -0.950. The predicted molar refractivity (Wildman–Crippen MR) is 57.8 cm³/mol. The van der Waals surface area contributed by atoms with Crippen LogP contribution >= 0.6 is 0 Å². The Morgan fingerprint density at radius 1 is 1.50 bits per heavy atom. The third kappa shape index (κ3) is 2.25. The smallest absolute Gasteiger partial charge is 0.233 e. The summed E-state index contributed by atoms with van der Waals surface area (Å²) in [7, 11) is -1.10. The van der Waals surface area contributed by atoms with Gasteiger partial charge in [0, 0.05) is 0 Å². The van der Waals surface area contributed by atoms with Crippen LogP contribution in [0.25, 0.3) is 0 Å². The van der Waals surface area contributed by atoms with Crippen LogP contribution in [0.15, 0.2) is 4.42 Å². The normalized spacial score (nSPS) is 25.8. The molecule has 6 nitrogen and oxygen atoms in total. The molecule has 1 aliphatic rings. The van der Waals surface area contributed by atoms with E-state index in [1.165, 1.54) is 0 Å². The van der Waals surface area contributed by atoms with Gasteiger partial charge >= 0.3 is 0 Å². The summed E-state index contributed by atoms with van der Waals surface area (Å²) in [5.74, 6) is 1.16. The molecule has 1 N–H and O–H groups in total.